The van der Waals surface area contributed by atoms with Gasteiger partial charge in [0, 0.05) is 10.3 Å². The molecule has 6 heteroatoms. The van der Waals surface area contributed by atoms with E-state index in [0.717, 1.165) is 39.5 Å². The third-order valence-electron chi connectivity index (χ3n) is 5.09. The summed E-state index contributed by atoms with van der Waals surface area (Å²) in [6, 6.07) is 6.40. The van der Waals surface area contributed by atoms with Gasteiger partial charge in [-0.2, -0.15) is 0 Å². The molecule has 0 aliphatic heterocycles. The second-order valence-electron chi connectivity index (χ2n) is 7.12. The number of amides is 1. The fourth-order valence-electron chi connectivity index (χ4n) is 3.41. The maximum Gasteiger partial charge on any atom is 0.236 e. The van der Waals surface area contributed by atoms with Crippen LogP contribution in [0.2, 0.25) is 0 Å². The van der Waals surface area contributed by atoms with Gasteiger partial charge < -0.3 is 5.32 Å². The summed E-state index contributed by atoms with van der Waals surface area (Å²) in [6.07, 6.45) is 4.56. The highest BCUT2D eigenvalue weighted by Crippen LogP contribution is 2.30. The molecule has 0 spiro atoms. The average Bonchev–Trinajstić information content (AvgIpc) is 3.05. The van der Waals surface area contributed by atoms with Gasteiger partial charge in [0.15, 0.2) is 5.13 Å². The Morgan fingerprint density at radius 1 is 1.15 bits per heavy atom. The number of pyridine rings is 1. The van der Waals surface area contributed by atoms with Crippen LogP contribution in [0.1, 0.15) is 40.1 Å². The van der Waals surface area contributed by atoms with Gasteiger partial charge in [0.05, 0.1) is 17.0 Å². The van der Waals surface area contributed by atoms with Crippen LogP contribution in [0.15, 0.2) is 23.2 Å². The molecule has 1 aliphatic rings. The topological polar surface area (TPSA) is 54.9 Å². The Balaban J connectivity index is 1.46. The van der Waals surface area contributed by atoms with Gasteiger partial charge in [-0.3, -0.25) is 4.79 Å². The van der Waals surface area contributed by atoms with Crippen molar-refractivity contribution in [1.29, 1.82) is 0 Å². The smallest absolute Gasteiger partial charge is 0.236 e. The van der Waals surface area contributed by atoms with Crippen LogP contribution in [0, 0.1) is 20.8 Å². The minimum absolute atomic E-state index is 0.0200. The normalized spacial score (nSPS) is 13.6. The number of aryl methyl sites for hydroxylation is 5. The molecule has 3 aromatic rings. The number of hydrogen-bond acceptors (Lipinski definition) is 5. The molecule has 27 heavy (non-hydrogen) atoms. The van der Waals surface area contributed by atoms with Crippen LogP contribution in [0.25, 0.3) is 10.9 Å². The Morgan fingerprint density at radius 2 is 1.96 bits per heavy atom. The highest BCUT2D eigenvalue weighted by atomic mass is 32.2. The van der Waals surface area contributed by atoms with Gasteiger partial charge in [-0.15, -0.1) is 11.3 Å². The molecule has 0 radical (unpaired) electrons. The number of nitrogens with one attached hydrogen (secondary N) is 1. The fraction of sp³-hybridized carbons (Fsp3) is 0.381. The van der Waals surface area contributed by atoms with Crippen molar-refractivity contribution in [1.82, 2.24) is 9.97 Å². The number of carbonyl (C=O) groups is 1. The van der Waals surface area contributed by atoms with E-state index in [4.69, 9.17) is 4.98 Å². The molecule has 0 bridgehead atoms. The van der Waals surface area contributed by atoms with Crippen LogP contribution in [0.4, 0.5) is 5.13 Å². The van der Waals surface area contributed by atoms with Crippen molar-refractivity contribution in [3.63, 3.8) is 0 Å². The third kappa shape index (κ3) is 3.87. The maximum absolute atomic E-state index is 12.4. The number of rotatable bonds is 4. The van der Waals surface area contributed by atoms with Crippen molar-refractivity contribution in [2.75, 3.05) is 11.1 Å². The van der Waals surface area contributed by atoms with E-state index in [-0.39, 0.29) is 5.91 Å². The van der Waals surface area contributed by atoms with Gasteiger partial charge in [0.1, 0.15) is 5.03 Å². The number of fused-ring (bicyclic) bond motifs is 2. The lowest BCUT2D eigenvalue weighted by Gasteiger charge is -2.10. The molecule has 2 heterocycles. The van der Waals surface area contributed by atoms with E-state index in [9.17, 15) is 4.79 Å². The molecule has 0 fully saturated rings. The summed E-state index contributed by atoms with van der Waals surface area (Å²) < 4.78 is 0. The van der Waals surface area contributed by atoms with Crippen LogP contribution >= 0.6 is 23.1 Å². The number of anilines is 1. The molecular formula is C21H23N3OS2. The summed E-state index contributed by atoms with van der Waals surface area (Å²) in [5.41, 5.74) is 5.74. The zero-order valence-corrected chi connectivity index (χ0v) is 17.5. The lowest BCUT2D eigenvalue weighted by atomic mass is 10.0. The zero-order chi connectivity index (χ0) is 19.0. The van der Waals surface area contributed by atoms with E-state index >= 15 is 0 Å². The van der Waals surface area contributed by atoms with Crippen LogP contribution in [0.3, 0.4) is 0 Å². The van der Waals surface area contributed by atoms with Crippen molar-refractivity contribution < 1.29 is 4.79 Å². The first-order chi connectivity index (χ1) is 13.0. The van der Waals surface area contributed by atoms with Crippen molar-refractivity contribution >= 4 is 45.0 Å². The second-order valence-corrected chi connectivity index (χ2v) is 9.17. The Kier molecular flexibility index (Phi) is 5.19. The second kappa shape index (κ2) is 7.60. The van der Waals surface area contributed by atoms with Gasteiger partial charge in [-0.05, 0) is 69.2 Å². The molecule has 140 valence electrons. The number of thioether (sulfide) groups is 1. The predicted molar refractivity (Wildman–Crippen MR) is 114 cm³/mol. The zero-order valence-electron chi connectivity index (χ0n) is 15.9. The molecular weight excluding hydrogens is 374 g/mol. The first-order valence-electron chi connectivity index (χ1n) is 9.30. The van der Waals surface area contributed by atoms with E-state index in [1.807, 2.05) is 0 Å². The SMILES string of the molecule is Cc1cc2ccc(C)c(C)c2nc1SCC(=O)Nc1nc2c(s1)CCCC2. The van der Waals surface area contributed by atoms with E-state index < -0.39 is 0 Å². The third-order valence-corrected chi connectivity index (χ3v) is 7.25. The summed E-state index contributed by atoms with van der Waals surface area (Å²) in [4.78, 5) is 23.2. The average molecular weight is 398 g/mol. The molecule has 0 unspecified atom stereocenters. The largest absolute Gasteiger partial charge is 0.301 e. The molecule has 0 saturated carbocycles. The Bertz CT molecular complexity index is 1000. The predicted octanol–water partition coefficient (Wildman–Crippen LogP) is 5.23. The Labute approximate surface area is 167 Å². The quantitative estimate of drug-likeness (QED) is 0.613. The minimum atomic E-state index is -0.0200. The number of aromatic nitrogens is 2. The molecule has 4 nitrogen and oxygen atoms in total. The lowest BCUT2D eigenvalue weighted by molar-refractivity contribution is -0.113. The first kappa shape index (κ1) is 18.4. The van der Waals surface area contributed by atoms with Crippen LogP contribution in [-0.4, -0.2) is 21.6 Å². The molecule has 1 aromatic carbocycles. The molecule has 2 aromatic heterocycles. The van der Waals surface area contributed by atoms with Crippen molar-refractivity contribution in [3.05, 3.63) is 45.5 Å². The molecule has 1 N–H and O–H groups in total. The summed E-state index contributed by atoms with van der Waals surface area (Å²) in [5, 5.41) is 5.78. The van der Waals surface area contributed by atoms with Crippen LogP contribution < -0.4 is 5.32 Å². The van der Waals surface area contributed by atoms with E-state index in [1.165, 1.54) is 46.3 Å². The van der Waals surface area contributed by atoms with Crippen LogP contribution in [-0.2, 0) is 17.6 Å². The van der Waals surface area contributed by atoms with Crippen molar-refractivity contribution in [3.8, 4) is 0 Å². The molecule has 1 amide bonds. The molecule has 1 aliphatic carbocycles. The highest BCUT2D eigenvalue weighted by Gasteiger charge is 2.17. The number of carbonyl (C=O) groups excluding carboxylic acids is 1. The van der Waals surface area contributed by atoms with Gasteiger partial charge >= 0.3 is 0 Å². The summed E-state index contributed by atoms with van der Waals surface area (Å²) in [7, 11) is 0. The standard InChI is InChI=1S/C21H23N3OS2/c1-12-8-9-15-10-13(2)20(24-19(15)14(12)3)26-11-18(25)23-21-22-16-6-4-5-7-17(16)27-21/h8-10H,4-7,11H2,1-3H3,(H,22,23,25). The van der Waals surface area contributed by atoms with Crippen molar-refractivity contribution in [2.24, 2.45) is 0 Å². The van der Waals surface area contributed by atoms with E-state index in [0.29, 0.717) is 5.75 Å². The summed E-state index contributed by atoms with van der Waals surface area (Å²) in [5.74, 6) is 0.322. The number of benzene rings is 1. The molecule has 0 atom stereocenters. The minimum Gasteiger partial charge on any atom is -0.301 e. The van der Waals surface area contributed by atoms with Crippen molar-refractivity contribution in [2.45, 2.75) is 51.5 Å². The lowest BCUT2D eigenvalue weighted by Crippen LogP contribution is -2.14. The first-order valence-corrected chi connectivity index (χ1v) is 11.1. The highest BCUT2D eigenvalue weighted by molar-refractivity contribution is 8.00. The van der Waals surface area contributed by atoms with Gasteiger partial charge in [-0.25, -0.2) is 9.97 Å². The molecule has 4 rings (SSSR count). The van der Waals surface area contributed by atoms with E-state index in [1.54, 1.807) is 11.3 Å². The number of thiazole rings is 1. The van der Waals surface area contributed by atoms with E-state index in [2.05, 4.69) is 49.3 Å². The van der Waals surface area contributed by atoms with Gasteiger partial charge in [-0.1, -0.05) is 23.9 Å². The van der Waals surface area contributed by atoms with Crippen LogP contribution in [0.5, 0.6) is 0 Å². The Morgan fingerprint density at radius 3 is 2.78 bits per heavy atom. The maximum atomic E-state index is 12.4. The number of hydrogen-bond donors (Lipinski definition) is 1. The Hall–Kier alpha value is -1.92. The number of nitrogens with zero attached hydrogens (tertiary/aromatic N) is 2. The van der Waals surface area contributed by atoms with Gasteiger partial charge in [0.2, 0.25) is 5.91 Å². The molecule has 0 saturated heterocycles. The summed E-state index contributed by atoms with van der Waals surface area (Å²) >= 11 is 3.12. The fourth-order valence-corrected chi connectivity index (χ4v) is 5.26. The summed E-state index contributed by atoms with van der Waals surface area (Å²) in [6.45, 7) is 6.26. The monoisotopic (exact) mass is 397 g/mol. The van der Waals surface area contributed by atoms with Gasteiger partial charge in [0.25, 0.3) is 0 Å².